The Kier molecular flexibility index (Phi) is 5.18. The second kappa shape index (κ2) is 6.43. The molecular formula is C12H20N4O3. The minimum Gasteiger partial charge on any atom is -0.444 e. The zero-order valence-electron chi connectivity index (χ0n) is 11.6. The molecule has 0 aromatic carbocycles. The smallest absolute Gasteiger partial charge is 0.410 e. The maximum atomic E-state index is 11.9. The standard InChI is InChI=1S/C12H20N4O3/c1-12(2,3)19-11(18)16-6-4-5-9(8-16)10(17)7-14-15-13/h9H,4-8H2,1-3H3. The Morgan fingerprint density at radius 2 is 2.16 bits per heavy atom. The van der Waals surface area contributed by atoms with Crippen LogP contribution in [0.4, 0.5) is 4.79 Å². The van der Waals surface area contributed by atoms with Crippen LogP contribution in [0, 0.1) is 5.92 Å². The second-order valence-electron chi connectivity index (χ2n) is 5.62. The van der Waals surface area contributed by atoms with Crippen LogP contribution < -0.4 is 0 Å². The molecule has 0 N–H and O–H groups in total. The van der Waals surface area contributed by atoms with E-state index in [0.29, 0.717) is 13.1 Å². The first-order valence-electron chi connectivity index (χ1n) is 6.35. The molecule has 0 aromatic rings. The highest BCUT2D eigenvalue weighted by atomic mass is 16.6. The van der Waals surface area contributed by atoms with E-state index in [9.17, 15) is 9.59 Å². The van der Waals surface area contributed by atoms with Gasteiger partial charge in [-0.2, -0.15) is 0 Å². The van der Waals surface area contributed by atoms with Crippen LogP contribution in [0.3, 0.4) is 0 Å². The Balaban J connectivity index is 2.56. The summed E-state index contributed by atoms with van der Waals surface area (Å²) >= 11 is 0. The van der Waals surface area contributed by atoms with Crippen LogP contribution in [0.5, 0.6) is 0 Å². The normalized spacial score (nSPS) is 19.5. The number of carbonyl (C=O) groups is 2. The first kappa shape index (κ1) is 15.3. The van der Waals surface area contributed by atoms with Crippen molar-refractivity contribution in [3.63, 3.8) is 0 Å². The Hall–Kier alpha value is -1.75. The van der Waals surface area contributed by atoms with Gasteiger partial charge in [-0.15, -0.1) is 0 Å². The van der Waals surface area contributed by atoms with Crippen LogP contribution in [0.2, 0.25) is 0 Å². The molecule has 0 bridgehead atoms. The molecule has 106 valence electrons. The minimum absolute atomic E-state index is 0.119. The first-order valence-corrected chi connectivity index (χ1v) is 6.35. The van der Waals surface area contributed by atoms with Crippen molar-refractivity contribution in [2.75, 3.05) is 19.6 Å². The highest BCUT2D eigenvalue weighted by molar-refractivity contribution is 5.84. The summed E-state index contributed by atoms with van der Waals surface area (Å²) in [5.41, 5.74) is 7.66. The fraction of sp³-hybridized carbons (Fsp3) is 0.833. The van der Waals surface area contributed by atoms with Gasteiger partial charge >= 0.3 is 6.09 Å². The van der Waals surface area contributed by atoms with E-state index in [2.05, 4.69) is 10.0 Å². The van der Waals surface area contributed by atoms with Gasteiger partial charge in [0.2, 0.25) is 0 Å². The van der Waals surface area contributed by atoms with E-state index in [1.54, 1.807) is 25.7 Å². The van der Waals surface area contributed by atoms with E-state index < -0.39 is 11.7 Å². The molecule has 1 atom stereocenters. The van der Waals surface area contributed by atoms with E-state index in [1.807, 2.05) is 0 Å². The summed E-state index contributed by atoms with van der Waals surface area (Å²) in [5, 5.41) is 3.27. The molecule has 1 heterocycles. The molecule has 1 aliphatic rings. The van der Waals surface area contributed by atoms with Crippen LogP contribution in [0.15, 0.2) is 5.11 Å². The number of Topliss-reactive ketones (excluding diaryl/α,β-unsaturated/α-hetero) is 1. The molecule has 1 saturated heterocycles. The maximum absolute atomic E-state index is 11.9. The third kappa shape index (κ3) is 5.18. The number of ketones is 1. The van der Waals surface area contributed by atoms with Crippen molar-refractivity contribution in [1.29, 1.82) is 0 Å². The molecule has 1 fully saturated rings. The fourth-order valence-corrected chi connectivity index (χ4v) is 1.96. The maximum Gasteiger partial charge on any atom is 0.410 e. The molecule has 1 unspecified atom stereocenters. The van der Waals surface area contributed by atoms with Crippen LogP contribution in [-0.4, -0.2) is 42.0 Å². The van der Waals surface area contributed by atoms with Gasteiger partial charge in [0.15, 0.2) is 0 Å². The van der Waals surface area contributed by atoms with Gasteiger partial charge in [-0.05, 0) is 39.1 Å². The van der Waals surface area contributed by atoms with Crippen molar-refractivity contribution in [2.45, 2.75) is 39.2 Å². The molecule has 1 aliphatic heterocycles. The lowest BCUT2D eigenvalue weighted by Gasteiger charge is -2.33. The van der Waals surface area contributed by atoms with Crippen molar-refractivity contribution < 1.29 is 14.3 Å². The number of carbonyl (C=O) groups excluding carboxylic acids is 2. The number of rotatable bonds is 3. The molecule has 7 heteroatoms. The van der Waals surface area contributed by atoms with Gasteiger partial charge in [0.05, 0.1) is 6.54 Å². The van der Waals surface area contributed by atoms with Gasteiger partial charge in [0.1, 0.15) is 11.4 Å². The number of ether oxygens (including phenoxy) is 1. The summed E-state index contributed by atoms with van der Waals surface area (Å²) in [6.45, 7) is 6.20. The number of piperidine rings is 1. The van der Waals surface area contributed by atoms with E-state index in [1.165, 1.54) is 0 Å². The summed E-state index contributed by atoms with van der Waals surface area (Å²) in [7, 11) is 0. The molecule has 0 radical (unpaired) electrons. The molecule has 19 heavy (non-hydrogen) atoms. The van der Waals surface area contributed by atoms with Gasteiger partial charge in [-0.25, -0.2) is 4.79 Å². The molecule has 0 aromatic heterocycles. The largest absolute Gasteiger partial charge is 0.444 e. The molecule has 0 saturated carbocycles. The molecule has 7 nitrogen and oxygen atoms in total. The van der Waals surface area contributed by atoms with Crippen molar-refractivity contribution in [1.82, 2.24) is 4.90 Å². The SMILES string of the molecule is CC(C)(C)OC(=O)N1CCCC(C(=O)CN=[N+]=[N-])C1. The molecule has 0 spiro atoms. The van der Waals surface area contributed by atoms with E-state index in [0.717, 1.165) is 12.8 Å². The van der Waals surface area contributed by atoms with E-state index >= 15 is 0 Å². The van der Waals surface area contributed by atoms with Crippen molar-refractivity contribution in [2.24, 2.45) is 11.0 Å². The zero-order valence-corrected chi connectivity index (χ0v) is 11.6. The lowest BCUT2D eigenvalue weighted by Crippen LogP contribution is -2.45. The van der Waals surface area contributed by atoms with Gasteiger partial charge in [-0.3, -0.25) is 4.79 Å². The Bertz CT molecular complexity index is 396. The number of hydrogen-bond acceptors (Lipinski definition) is 4. The monoisotopic (exact) mass is 268 g/mol. The average Bonchev–Trinajstić information content (AvgIpc) is 2.34. The van der Waals surface area contributed by atoms with E-state index in [-0.39, 0.29) is 18.2 Å². The summed E-state index contributed by atoms with van der Waals surface area (Å²) < 4.78 is 5.28. The van der Waals surface area contributed by atoms with Crippen LogP contribution in [-0.2, 0) is 9.53 Å². The Morgan fingerprint density at radius 3 is 2.74 bits per heavy atom. The van der Waals surface area contributed by atoms with Gasteiger partial charge in [0, 0.05) is 23.9 Å². The topological polar surface area (TPSA) is 95.4 Å². The van der Waals surface area contributed by atoms with Gasteiger partial charge in [0.25, 0.3) is 0 Å². The predicted molar refractivity (Wildman–Crippen MR) is 69.6 cm³/mol. The lowest BCUT2D eigenvalue weighted by molar-refractivity contribution is -0.122. The van der Waals surface area contributed by atoms with Gasteiger partial charge in [-0.1, -0.05) is 5.11 Å². The van der Waals surface area contributed by atoms with Crippen molar-refractivity contribution in [3.05, 3.63) is 10.4 Å². The highest BCUT2D eigenvalue weighted by Gasteiger charge is 2.30. The third-order valence-corrected chi connectivity index (χ3v) is 2.82. The first-order chi connectivity index (χ1) is 8.83. The van der Waals surface area contributed by atoms with E-state index in [4.69, 9.17) is 10.3 Å². The third-order valence-electron chi connectivity index (χ3n) is 2.82. The number of likely N-dealkylation sites (tertiary alicyclic amines) is 1. The predicted octanol–water partition coefficient (Wildman–Crippen LogP) is 2.51. The molecule has 0 aliphatic carbocycles. The van der Waals surface area contributed by atoms with Crippen molar-refractivity contribution in [3.8, 4) is 0 Å². The summed E-state index contributed by atoms with van der Waals surface area (Å²) in [4.78, 5) is 27.8. The molecular weight excluding hydrogens is 248 g/mol. The highest BCUT2D eigenvalue weighted by Crippen LogP contribution is 2.20. The average molecular weight is 268 g/mol. The quantitative estimate of drug-likeness (QED) is 0.447. The van der Waals surface area contributed by atoms with Crippen molar-refractivity contribution >= 4 is 11.9 Å². The summed E-state index contributed by atoms with van der Waals surface area (Å²) in [6, 6.07) is 0. The van der Waals surface area contributed by atoms with Gasteiger partial charge < -0.3 is 9.64 Å². The number of hydrogen-bond donors (Lipinski definition) is 0. The minimum atomic E-state index is -0.543. The zero-order chi connectivity index (χ0) is 14.5. The Labute approximate surface area is 112 Å². The number of nitrogens with zero attached hydrogens (tertiary/aromatic N) is 4. The summed E-state index contributed by atoms with van der Waals surface area (Å²) in [6.07, 6.45) is 1.08. The number of azide groups is 1. The Morgan fingerprint density at radius 1 is 1.47 bits per heavy atom. The number of amides is 1. The van der Waals surface area contributed by atoms with Crippen LogP contribution >= 0.6 is 0 Å². The molecule has 1 amide bonds. The van der Waals surface area contributed by atoms with Crippen LogP contribution in [0.25, 0.3) is 10.4 Å². The van der Waals surface area contributed by atoms with Crippen LogP contribution in [0.1, 0.15) is 33.6 Å². The second-order valence-corrected chi connectivity index (χ2v) is 5.62. The lowest BCUT2D eigenvalue weighted by atomic mass is 9.94. The molecule has 1 rings (SSSR count). The fourth-order valence-electron chi connectivity index (χ4n) is 1.96. The summed E-state index contributed by atoms with van der Waals surface area (Å²) in [5.74, 6) is -0.377.